The SMILES string of the molecule is CCOC(=O)C1=C(C)N=c2s/c(=C/c3ccc(C(C)C)cc3)c(=O)n2C1c1ccc(SC)cc1. The number of nitrogens with zero attached hydrogens (tertiary/aromatic N) is 2. The van der Waals surface area contributed by atoms with Gasteiger partial charge in [-0.3, -0.25) is 9.36 Å². The number of fused-ring (bicyclic) bond motifs is 1. The number of rotatable bonds is 6. The average molecular weight is 493 g/mol. The van der Waals surface area contributed by atoms with Gasteiger partial charge in [0.1, 0.15) is 0 Å². The quantitative estimate of drug-likeness (QED) is 0.371. The van der Waals surface area contributed by atoms with Gasteiger partial charge in [0.05, 0.1) is 28.5 Å². The molecule has 176 valence electrons. The maximum absolute atomic E-state index is 13.6. The van der Waals surface area contributed by atoms with Crippen LogP contribution in [0.25, 0.3) is 6.08 Å². The summed E-state index contributed by atoms with van der Waals surface area (Å²) < 4.78 is 7.57. The van der Waals surface area contributed by atoms with E-state index < -0.39 is 12.0 Å². The van der Waals surface area contributed by atoms with E-state index in [2.05, 4.69) is 31.0 Å². The molecule has 4 rings (SSSR count). The molecule has 5 nitrogen and oxygen atoms in total. The second kappa shape index (κ2) is 10.2. The second-order valence-electron chi connectivity index (χ2n) is 8.40. The van der Waals surface area contributed by atoms with Crippen LogP contribution in [-0.2, 0) is 9.53 Å². The Morgan fingerprint density at radius 2 is 1.85 bits per heavy atom. The molecular formula is C27H28N2O3S2. The van der Waals surface area contributed by atoms with E-state index in [1.807, 2.05) is 48.7 Å². The van der Waals surface area contributed by atoms with Crippen molar-refractivity contribution < 1.29 is 9.53 Å². The summed E-state index contributed by atoms with van der Waals surface area (Å²) in [6.07, 6.45) is 3.91. The summed E-state index contributed by atoms with van der Waals surface area (Å²) in [5, 5.41) is 0. The van der Waals surface area contributed by atoms with Crippen molar-refractivity contribution in [1.82, 2.24) is 4.57 Å². The van der Waals surface area contributed by atoms with Gasteiger partial charge in [0.2, 0.25) is 0 Å². The summed E-state index contributed by atoms with van der Waals surface area (Å²) in [7, 11) is 0. The third-order valence-corrected chi connectivity index (χ3v) is 7.58. The normalized spacial score (nSPS) is 15.9. The maximum atomic E-state index is 13.6. The van der Waals surface area contributed by atoms with Gasteiger partial charge < -0.3 is 4.74 Å². The molecule has 0 aliphatic carbocycles. The van der Waals surface area contributed by atoms with Crippen molar-refractivity contribution in [2.75, 3.05) is 12.9 Å². The van der Waals surface area contributed by atoms with Crippen LogP contribution in [0.1, 0.15) is 56.3 Å². The molecule has 1 aliphatic heterocycles. The van der Waals surface area contributed by atoms with Crippen molar-refractivity contribution in [2.24, 2.45) is 4.99 Å². The van der Waals surface area contributed by atoms with E-state index >= 15 is 0 Å². The van der Waals surface area contributed by atoms with E-state index in [9.17, 15) is 9.59 Å². The largest absolute Gasteiger partial charge is 0.463 e. The van der Waals surface area contributed by atoms with Gasteiger partial charge in [-0.25, -0.2) is 9.79 Å². The fourth-order valence-electron chi connectivity index (χ4n) is 4.02. The molecule has 34 heavy (non-hydrogen) atoms. The molecule has 1 atom stereocenters. The standard InChI is InChI=1S/C27H28N2O3S2/c1-6-32-26(31)23-17(4)28-27-29(24(23)20-11-13-21(33-5)14-12-20)25(30)22(34-27)15-18-7-9-19(10-8-18)16(2)3/h7-16,24H,6H2,1-5H3/b22-15+. The van der Waals surface area contributed by atoms with Gasteiger partial charge in [-0.1, -0.05) is 61.6 Å². The lowest BCUT2D eigenvalue weighted by molar-refractivity contribution is -0.139. The predicted molar refractivity (Wildman–Crippen MR) is 139 cm³/mol. The first-order valence-electron chi connectivity index (χ1n) is 11.3. The molecular weight excluding hydrogens is 464 g/mol. The van der Waals surface area contributed by atoms with Crippen LogP contribution in [0.5, 0.6) is 0 Å². The van der Waals surface area contributed by atoms with Crippen LogP contribution in [0.15, 0.2) is 74.5 Å². The number of ether oxygens (including phenoxy) is 1. The number of carbonyl (C=O) groups excluding carboxylic acids is 1. The molecule has 7 heteroatoms. The van der Waals surface area contributed by atoms with Crippen LogP contribution >= 0.6 is 23.1 Å². The minimum absolute atomic E-state index is 0.162. The Morgan fingerprint density at radius 3 is 2.44 bits per heavy atom. The molecule has 2 heterocycles. The van der Waals surface area contributed by atoms with E-state index in [1.165, 1.54) is 16.9 Å². The minimum Gasteiger partial charge on any atom is -0.463 e. The molecule has 0 radical (unpaired) electrons. The van der Waals surface area contributed by atoms with E-state index in [0.29, 0.717) is 26.5 Å². The van der Waals surface area contributed by atoms with Crippen molar-refractivity contribution in [3.8, 4) is 0 Å². The Balaban J connectivity index is 1.89. The van der Waals surface area contributed by atoms with Crippen LogP contribution in [0.2, 0.25) is 0 Å². The van der Waals surface area contributed by atoms with E-state index in [4.69, 9.17) is 4.74 Å². The van der Waals surface area contributed by atoms with Crippen LogP contribution in [0, 0.1) is 0 Å². The molecule has 0 saturated heterocycles. The second-order valence-corrected chi connectivity index (χ2v) is 10.3. The third-order valence-electron chi connectivity index (χ3n) is 5.85. The van der Waals surface area contributed by atoms with Crippen LogP contribution in [-0.4, -0.2) is 23.4 Å². The van der Waals surface area contributed by atoms with Gasteiger partial charge in [0.15, 0.2) is 4.80 Å². The average Bonchev–Trinajstić information content (AvgIpc) is 3.13. The molecule has 0 saturated carbocycles. The fourth-order valence-corrected chi connectivity index (χ4v) is 5.48. The fraction of sp³-hybridized carbons (Fsp3) is 0.296. The van der Waals surface area contributed by atoms with Gasteiger partial charge >= 0.3 is 5.97 Å². The van der Waals surface area contributed by atoms with Gasteiger partial charge in [-0.15, -0.1) is 11.8 Å². The lowest BCUT2D eigenvalue weighted by atomic mass is 9.96. The monoisotopic (exact) mass is 492 g/mol. The number of allylic oxidation sites excluding steroid dienone is 1. The summed E-state index contributed by atoms with van der Waals surface area (Å²) in [6, 6.07) is 15.6. The van der Waals surface area contributed by atoms with Gasteiger partial charge in [0.25, 0.3) is 5.56 Å². The number of hydrogen-bond acceptors (Lipinski definition) is 6. The highest BCUT2D eigenvalue weighted by Gasteiger charge is 2.33. The van der Waals surface area contributed by atoms with Crippen LogP contribution in [0.4, 0.5) is 0 Å². The van der Waals surface area contributed by atoms with Crippen molar-refractivity contribution >= 4 is 35.1 Å². The Labute approximate surface area is 207 Å². The minimum atomic E-state index is -0.586. The summed E-state index contributed by atoms with van der Waals surface area (Å²) in [5.41, 5.74) is 3.87. The van der Waals surface area contributed by atoms with Gasteiger partial charge in [-0.2, -0.15) is 0 Å². The number of esters is 1. The predicted octanol–water partition coefficient (Wildman–Crippen LogP) is 4.64. The van der Waals surface area contributed by atoms with Crippen LogP contribution < -0.4 is 14.9 Å². The summed E-state index contributed by atoms with van der Waals surface area (Å²) in [5.74, 6) is 0.00220. The molecule has 1 aromatic heterocycles. The Hall–Kier alpha value is -2.90. The lowest BCUT2D eigenvalue weighted by Gasteiger charge is -2.24. The highest BCUT2D eigenvalue weighted by atomic mass is 32.2. The topological polar surface area (TPSA) is 60.7 Å². The number of benzene rings is 2. The molecule has 0 N–H and O–H groups in total. The van der Waals surface area contributed by atoms with Crippen LogP contribution in [0.3, 0.4) is 0 Å². The maximum Gasteiger partial charge on any atom is 0.338 e. The van der Waals surface area contributed by atoms with E-state index in [1.54, 1.807) is 30.2 Å². The molecule has 2 aromatic carbocycles. The highest BCUT2D eigenvalue weighted by Crippen LogP contribution is 2.31. The Kier molecular flexibility index (Phi) is 7.24. The Morgan fingerprint density at radius 1 is 1.18 bits per heavy atom. The molecule has 0 amide bonds. The van der Waals surface area contributed by atoms with Gasteiger partial charge in [-0.05, 0) is 60.9 Å². The summed E-state index contributed by atoms with van der Waals surface area (Å²) in [6.45, 7) is 8.14. The third kappa shape index (κ3) is 4.68. The zero-order valence-electron chi connectivity index (χ0n) is 20.0. The molecule has 0 fully saturated rings. The number of thiazole rings is 1. The Bertz CT molecular complexity index is 1410. The number of thioether (sulfide) groups is 1. The van der Waals surface area contributed by atoms with Crippen molar-refractivity contribution in [1.29, 1.82) is 0 Å². The zero-order valence-corrected chi connectivity index (χ0v) is 21.6. The summed E-state index contributed by atoms with van der Waals surface area (Å²) >= 11 is 2.99. The summed E-state index contributed by atoms with van der Waals surface area (Å²) in [4.78, 5) is 32.9. The van der Waals surface area contributed by atoms with E-state index in [-0.39, 0.29) is 12.2 Å². The molecule has 0 spiro atoms. The first-order valence-corrected chi connectivity index (χ1v) is 13.3. The number of hydrogen-bond donors (Lipinski definition) is 0. The highest BCUT2D eigenvalue weighted by molar-refractivity contribution is 7.98. The molecule has 1 unspecified atom stereocenters. The molecule has 0 bridgehead atoms. The lowest BCUT2D eigenvalue weighted by Crippen LogP contribution is -2.39. The van der Waals surface area contributed by atoms with Crippen molar-refractivity contribution in [3.05, 3.63) is 96.2 Å². The number of aromatic nitrogens is 1. The van der Waals surface area contributed by atoms with Crippen molar-refractivity contribution in [2.45, 2.75) is 44.6 Å². The molecule has 1 aliphatic rings. The van der Waals surface area contributed by atoms with Gasteiger partial charge in [0, 0.05) is 4.90 Å². The smallest absolute Gasteiger partial charge is 0.338 e. The zero-order chi connectivity index (χ0) is 24.4. The first-order chi connectivity index (χ1) is 16.3. The van der Waals surface area contributed by atoms with Crippen molar-refractivity contribution in [3.63, 3.8) is 0 Å². The molecule has 3 aromatic rings. The number of carbonyl (C=O) groups is 1. The first kappa shape index (κ1) is 24.2. The van der Waals surface area contributed by atoms with E-state index in [0.717, 1.165) is 16.0 Å².